The van der Waals surface area contributed by atoms with E-state index < -0.39 is 0 Å². The molecule has 0 spiro atoms. The molecule has 88 valence electrons. The van der Waals surface area contributed by atoms with Crippen LogP contribution in [0.4, 0.5) is 0 Å². The van der Waals surface area contributed by atoms with Crippen molar-refractivity contribution in [2.75, 3.05) is 6.54 Å². The Morgan fingerprint density at radius 3 is 2.38 bits per heavy atom. The first kappa shape index (κ1) is 12.0. The minimum atomic E-state index is 0.745. The highest BCUT2D eigenvalue weighted by atomic mass is 32.2. The van der Waals surface area contributed by atoms with Crippen LogP contribution in [0, 0.1) is 0 Å². The molecule has 2 N–H and O–H groups in total. The predicted molar refractivity (Wildman–Crippen MR) is 71.9 cm³/mol. The van der Waals surface area contributed by atoms with Crippen molar-refractivity contribution in [3.05, 3.63) is 29.8 Å². The highest BCUT2D eigenvalue weighted by molar-refractivity contribution is 8.00. The Kier molecular flexibility index (Phi) is 4.73. The molecule has 0 radical (unpaired) electrons. The first-order chi connectivity index (χ1) is 7.88. The zero-order valence-electron chi connectivity index (χ0n) is 9.82. The molecule has 1 nitrogen and oxygen atoms in total. The first-order valence-electron chi connectivity index (χ1n) is 6.34. The van der Waals surface area contributed by atoms with Crippen molar-refractivity contribution in [3.63, 3.8) is 0 Å². The fraction of sp³-hybridized carbons (Fsp3) is 0.571. The molecule has 1 aliphatic rings. The van der Waals surface area contributed by atoms with Gasteiger partial charge in [-0.05, 0) is 43.5 Å². The van der Waals surface area contributed by atoms with Gasteiger partial charge in [-0.3, -0.25) is 0 Å². The lowest BCUT2D eigenvalue weighted by molar-refractivity contribution is 0.516. The van der Waals surface area contributed by atoms with E-state index >= 15 is 0 Å². The number of hydrogen-bond acceptors (Lipinski definition) is 2. The molecule has 0 aliphatic heterocycles. The molecule has 1 fully saturated rings. The molecule has 0 atom stereocenters. The number of thioether (sulfide) groups is 1. The molecule has 16 heavy (non-hydrogen) atoms. The van der Waals surface area contributed by atoms with Crippen LogP contribution < -0.4 is 5.73 Å². The van der Waals surface area contributed by atoms with Crippen LogP contribution in [0.25, 0.3) is 0 Å². The van der Waals surface area contributed by atoms with E-state index in [0.29, 0.717) is 0 Å². The summed E-state index contributed by atoms with van der Waals surface area (Å²) in [6, 6.07) is 8.95. The molecular weight excluding hydrogens is 214 g/mol. The van der Waals surface area contributed by atoms with Crippen molar-refractivity contribution in [2.24, 2.45) is 5.73 Å². The Balaban J connectivity index is 1.88. The van der Waals surface area contributed by atoms with Gasteiger partial charge in [-0.25, -0.2) is 0 Å². The molecule has 0 unspecified atom stereocenters. The highest BCUT2D eigenvalue weighted by Gasteiger charge is 2.14. The standard InChI is InChI=1S/C14H21NS/c15-11-10-12-6-8-14(9-7-12)16-13-4-2-1-3-5-13/h6-9,13H,1-5,10-11,15H2. The van der Waals surface area contributed by atoms with Gasteiger partial charge in [-0.2, -0.15) is 0 Å². The van der Waals surface area contributed by atoms with Crippen molar-refractivity contribution in [1.29, 1.82) is 0 Å². The Labute approximate surface area is 103 Å². The summed E-state index contributed by atoms with van der Waals surface area (Å²) < 4.78 is 0. The average molecular weight is 235 g/mol. The third-order valence-electron chi connectivity index (χ3n) is 3.21. The smallest absolute Gasteiger partial charge is 0.00944 e. The molecule has 0 aromatic heterocycles. The van der Waals surface area contributed by atoms with Crippen LogP contribution in [-0.4, -0.2) is 11.8 Å². The summed E-state index contributed by atoms with van der Waals surface area (Å²) in [5, 5.41) is 0.856. The second-order valence-electron chi connectivity index (χ2n) is 4.56. The maximum Gasteiger partial charge on any atom is 0.00944 e. The van der Waals surface area contributed by atoms with Gasteiger partial charge in [0.1, 0.15) is 0 Å². The summed E-state index contributed by atoms with van der Waals surface area (Å²) in [7, 11) is 0. The second kappa shape index (κ2) is 6.31. The van der Waals surface area contributed by atoms with E-state index in [1.54, 1.807) is 0 Å². The third-order valence-corrected chi connectivity index (χ3v) is 4.56. The zero-order valence-corrected chi connectivity index (χ0v) is 10.6. The molecule has 0 heterocycles. The molecule has 0 bridgehead atoms. The average Bonchev–Trinajstić information content (AvgIpc) is 2.33. The summed E-state index contributed by atoms with van der Waals surface area (Å²) in [6.07, 6.45) is 8.07. The van der Waals surface area contributed by atoms with Crippen molar-refractivity contribution in [1.82, 2.24) is 0 Å². The molecule has 2 rings (SSSR count). The number of benzene rings is 1. The Hall–Kier alpha value is -0.470. The van der Waals surface area contributed by atoms with Crippen LogP contribution in [0.15, 0.2) is 29.2 Å². The van der Waals surface area contributed by atoms with Crippen LogP contribution in [0.1, 0.15) is 37.7 Å². The van der Waals surface area contributed by atoms with Crippen molar-refractivity contribution in [3.8, 4) is 0 Å². The summed E-state index contributed by atoms with van der Waals surface area (Å²) in [6.45, 7) is 0.745. The SMILES string of the molecule is NCCc1ccc(SC2CCCCC2)cc1. The lowest BCUT2D eigenvalue weighted by atomic mass is 10.0. The van der Waals surface area contributed by atoms with Gasteiger partial charge in [0.15, 0.2) is 0 Å². The van der Waals surface area contributed by atoms with Gasteiger partial charge in [-0.15, -0.1) is 11.8 Å². The van der Waals surface area contributed by atoms with E-state index in [1.807, 2.05) is 0 Å². The number of rotatable bonds is 4. The molecule has 1 aromatic carbocycles. The quantitative estimate of drug-likeness (QED) is 0.862. The molecule has 1 aromatic rings. The number of nitrogens with two attached hydrogens (primary N) is 1. The second-order valence-corrected chi connectivity index (χ2v) is 5.93. The maximum absolute atomic E-state index is 5.54. The van der Waals surface area contributed by atoms with Crippen molar-refractivity contribution in [2.45, 2.75) is 48.7 Å². The largest absolute Gasteiger partial charge is 0.330 e. The summed E-state index contributed by atoms with van der Waals surface area (Å²) in [5.41, 5.74) is 6.90. The van der Waals surface area contributed by atoms with Crippen LogP contribution in [0.3, 0.4) is 0 Å². The van der Waals surface area contributed by atoms with Crippen LogP contribution in [-0.2, 0) is 6.42 Å². The van der Waals surface area contributed by atoms with Gasteiger partial charge in [0.25, 0.3) is 0 Å². The molecule has 1 saturated carbocycles. The minimum Gasteiger partial charge on any atom is -0.330 e. The lowest BCUT2D eigenvalue weighted by Crippen LogP contribution is -2.07. The molecule has 2 heteroatoms. The van der Waals surface area contributed by atoms with Gasteiger partial charge in [0.05, 0.1) is 0 Å². The monoisotopic (exact) mass is 235 g/mol. The van der Waals surface area contributed by atoms with Gasteiger partial charge in [0.2, 0.25) is 0 Å². The van der Waals surface area contributed by atoms with Crippen molar-refractivity contribution < 1.29 is 0 Å². The van der Waals surface area contributed by atoms with E-state index in [2.05, 4.69) is 36.0 Å². The topological polar surface area (TPSA) is 26.0 Å². The first-order valence-corrected chi connectivity index (χ1v) is 7.22. The predicted octanol–water partition coefficient (Wildman–Crippen LogP) is 3.61. The number of hydrogen-bond donors (Lipinski definition) is 1. The summed E-state index contributed by atoms with van der Waals surface area (Å²) in [5.74, 6) is 0. The van der Waals surface area contributed by atoms with Crippen LogP contribution >= 0.6 is 11.8 Å². The van der Waals surface area contributed by atoms with Gasteiger partial charge in [-0.1, -0.05) is 31.4 Å². The minimum absolute atomic E-state index is 0.745. The Bertz CT molecular complexity index is 301. The van der Waals surface area contributed by atoms with Gasteiger partial charge < -0.3 is 5.73 Å². The van der Waals surface area contributed by atoms with E-state index in [4.69, 9.17) is 5.73 Å². The zero-order chi connectivity index (χ0) is 11.2. The Morgan fingerprint density at radius 1 is 1.06 bits per heavy atom. The van der Waals surface area contributed by atoms with Crippen molar-refractivity contribution >= 4 is 11.8 Å². The van der Waals surface area contributed by atoms with E-state index in [9.17, 15) is 0 Å². The Morgan fingerprint density at radius 2 is 1.75 bits per heavy atom. The summed E-state index contributed by atoms with van der Waals surface area (Å²) >= 11 is 2.06. The van der Waals surface area contributed by atoms with E-state index in [-0.39, 0.29) is 0 Å². The summed E-state index contributed by atoms with van der Waals surface area (Å²) in [4.78, 5) is 1.42. The van der Waals surface area contributed by atoms with E-state index in [0.717, 1.165) is 18.2 Å². The van der Waals surface area contributed by atoms with E-state index in [1.165, 1.54) is 42.6 Å². The third kappa shape index (κ3) is 3.53. The normalized spacial score (nSPS) is 17.6. The van der Waals surface area contributed by atoms with Crippen LogP contribution in [0.2, 0.25) is 0 Å². The fourth-order valence-electron chi connectivity index (χ4n) is 2.28. The fourth-order valence-corrected chi connectivity index (χ4v) is 3.52. The molecule has 1 aliphatic carbocycles. The van der Waals surface area contributed by atoms with Crippen LogP contribution in [0.5, 0.6) is 0 Å². The maximum atomic E-state index is 5.54. The van der Waals surface area contributed by atoms with Gasteiger partial charge >= 0.3 is 0 Å². The highest BCUT2D eigenvalue weighted by Crippen LogP contribution is 2.33. The molecule has 0 saturated heterocycles. The van der Waals surface area contributed by atoms with Gasteiger partial charge in [0, 0.05) is 10.1 Å². The molecule has 0 amide bonds. The lowest BCUT2D eigenvalue weighted by Gasteiger charge is -2.20. The molecular formula is C14H21NS.